The van der Waals surface area contributed by atoms with E-state index in [0.29, 0.717) is 28.6 Å². The molecule has 0 aliphatic carbocycles. The maximum absolute atomic E-state index is 13.4. The Morgan fingerprint density at radius 3 is 2.53 bits per heavy atom. The van der Waals surface area contributed by atoms with Gasteiger partial charge in [-0.15, -0.1) is 0 Å². The summed E-state index contributed by atoms with van der Waals surface area (Å²) in [4.78, 5) is 15.9. The van der Waals surface area contributed by atoms with Crippen LogP contribution in [0.1, 0.15) is 55.1 Å². The molecule has 3 heterocycles. The van der Waals surface area contributed by atoms with E-state index in [1.807, 2.05) is 42.5 Å². The van der Waals surface area contributed by atoms with Crippen molar-refractivity contribution in [3.8, 4) is 11.3 Å². The van der Waals surface area contributed by atoms with Crippen molar-refractivity contribution >= 4 is 34.1 Å². The fraction of sp³-hybridized carbons (Fsp3) is 0.355. The molecule has 38 heavy (non-hydrogen) atoms. The van der Waals surface area contributed by atoms with Gasteiger partial charge < -0.3 is 15.0 Å². The molecule has 3 unspecified atom stereocenters. The van der Waals surface area contributed by atoms with Crippen molar-refractivity contribution in [3.63, 3.8) is 0 Å². The lowest BCUT2D eigenvalue weighted by molar-refractivity contribution is 0.0906. The first-order valence-corrected chi connectivity index (χ1v) is 13.9. The van der Waals surface area contributed by atoms with Crippen LogP contribution >= 0.6 is 11.6 Å². The third-order valence-electron chi connectivity index (χ3n) is 7.80. The van der Waals surface area contributed by atoms with Crippen LogP contribution in [0.25, 0.3) is 22.2 Å². The molecule has 2 N–H and O–H groups in total. The Hall–Kier alpha value is -3.35. The molecule has 7 heteroatoms. The highest BCUT2D eigenvalue weighted by Crippen LogP contribution is 2.36. The second-order valence-corrected chi connectivity index (χ2v) is 11.3. The molecule has 196 valence electrons. The monoisotopic (exact) mass is 528 g/mol. The molecule has 2 fully saturated rings. The molecule has 3 aromatic carbocycles. The number of anilines is 1. The Morgan fingerprint density at radius 2 is 1.82 bits per heavy atom. The number of rotatable bonds is 7. The zero-order valence-corrected chi connectivity index (χ0v) is 22.5. The van der Waals surface area contributed by atoms with Gasteiger partial charge >= 0.3 is 0 Å². The van der Waals surface area contributed by atoms with E-state index in [0.717, 1.165) is 47.4 Å². The summed E-state index contributed by atoms with van der Waals surface area (Å²) in [6.07, 6.45) is 3.18. The topological polar surface area (TPSA) is 70.2 Å². The van der Waals surface area contributed by atoms with Gasteiger partial charge in [0.25, 0.3) is 5.91 Å². The number of nitrogens with zero attached hydrogens (tertiary/aromatic N) is 2. The third-order valence-corrected chi connectivity index (χ3v) is 8.14. The second-order valence-electron chi connectivity index (χ2n) is 10.9. The Bertz CT molecular complexity index is 1430. The molecule has 2 saturated heterocycles. The average Bonchev–Trinajstić information content (AvgIpc) is 3.45. The first-order valence-electron chi connectivity index (χ1n) is 13.5. The molecule has 0 radical (unpaired) electrons. The first-order chi connectivity index (χ1) is 18.5. The average molecular weight is 529 g/mol. The molecule has 4 aromatic rings. The predicted octanol–water partition coefficient (Wildman–Crippen LogP) is 6.77. The Balaban J connectivity index is 1.26. The third kappa shape index (κ3) is 4.79. The van der Waals surface area contributed by atoms with E-state index in [1.165, 1.54) is 18.5 Å². The molecule has 0 saturated carbocycles. The minimum Gasteiger partial charge on any atom is -0.377 e. The number of aromatic nitrogens is 2. The largest absolute Gasteiger partial charge is 0.377 e. The van der Waals surface area contributed by atoms with Crippen molar-refractivity contribution < 1.29 is 9.53 Å². The molecular formula is C31H33ClN4O2. The van der Waals surface area contributed by atoms with Crippen LogP contribution in [0.3, 0.4) is 0 Å². The Labute approximate surface area is 228 Å². The minimum absolute atomic E-state index is 0.122. The molecule has 6 nitrogen and oxygen atoms in total. The van der Waals surface area contributed by atoms with Crippen LogP contribution in [0, 0.1) is 5.92 Å². The van der Waals surface area contributed by atoms with Crippen LogP contribution in [0.15, 0.2) is 66.7 Å². The molecule has 3 atom stereocenters. The van der Waals surface area contributed by atoms with E-state index in [-0.39, 0.29) is 11.9 Å². The van der Waals surface area contributed by atoms with Gasteiger partial charge in [0, 0.05) is 27.2 Å². The van der Waals surface area contributed by atoms with E-state index < -0.39 is 0 Å². The summed E-state index contributed by atoms with van der Waals surface area (Å²) in [5.41, 5.74) is 5.54. The number of fused-ring (bicyclic) bond motifs is 3. The Kier molecular flexibility index (Phi) is 6.85. The summed E-state index contributed by atoms with van der Waals surface area (Å²) >= 11 is 6.49. The van der Waals surface area contributed by atoms with Gasteiger partial charge in [0.05, 0.1) is 42.5 Å². The quantitative estimate of drug-likeness (QED) is 0.278. The SMILES string of the molecule is CC(C)CC(NC(=O)c1ccc2[nH]nc(-c3ccc(N4C5CCC4COC5)cc3)c2c1)c1ccccc1Cl. The number of H-pyrrole nitrogens is 1. The van der Waals surface area contributed by atoms with Gasteiger partial charge in [-0.1, -0.05) is 55.8 Å². The zero-order chi connectivity index (χ0) is 26.2. The molecular weight excluding hydrogens is 496 g/mol. The first kappa shape index (κ1) is 25.0. The second kappa shape index (κ2) is 10.4. The maximum atomic E-state index is 13.4. The fourth-order valence-electron chi connectivity index (χ4n) is 5.95. The van der Waals surface area contributed by atoms with Crippen LogP contribution < -0.4 is 10.2 Å². The van der Waals surface area contributed by atoms with Crippen LogP contribution in [0.4, 0.5) is 5.69 Å². The van der Waals surface area contributed by atoms with E-state index in [4.69, 9.17) is 16.3 Å². The lowest BCUT2D eigenvalue weighted by Crippen LogP contribution is -2.45. The fourth-order valence-corrected chi connectivity index (χ4v) is 6.22. The number of halogens is 1. The number of benzene rings is 3. The standard InChI is InChI=1S/C31H33ClN4O2/c1-19(2)15-29(25-5-3-4-6-27(25)32)33-31(37)21-9-14-28-26(16-21)30(35-34-28)20-7-10-22(11-8-20)36-23-12-13-24(36)18-38-17-23/h3-11,14,16,19,23-24,29H,12-13,15,17-18H2,1-2H3,(H,33,37)(H,34,35). The van der Waals surface area contributed by atoms with Gasteiger partial charge in [-0.25, -0.2) is 0 Å². The number of nitrogens with one attached hydrogen (secondary N) is 2. The minimum atomic E-state index is -0.168. The summed E-state index contributed by atoms with van der Waals surface area (Å²) in [6.45, 7) is 5.91. The van der Waals surface area contributed by atoms with E-state index in [2.05, 4.69) is 58.5 Å². The number of carbonyl (C=O) groups is 1. The highest BCUT2D eigenvalue weighted by atomic mass is 35.5. The highest BCUT2D eigenvalue weighted by molar-refractivity contribution is 6.31. The summed E-state index contributed by atoms with van der Waals surface area (Å²) in [7, 11) is 0. The van der Waals surface area contributed by atoms with Gasteiger partial charge in [0.2, 0.25) is 0 Å². The summed E-state index contributed by atoms with van der Waals surface area (Å²) < 4.78 is 5.75. The van der Waals surface area contributed by atoms with Crippen LogP contribution in [-0.4, -0.2) is 41.4 Å². The van der Waals surface area contributed by atoms with E-state index in [9.17, 15) is 4.79 Å². The van der Waals surface area contributed by atoms with Crippen LogP contribution in [0.5, 0.6) is 0 Å². The van der Waals surface area contributed by atoms with Gasteiger partial charge in [-0.05, 0) is 67.1 Å². The summed E-state index contributed by atoms with van der Waals surface area (Å²) in [5.74, 6) is 0.276. The van der Waals surface area contributed by atoms with Crippen LogP contribution in [0.2, 0.25) is 5.02 Å². The number of morpholine rings is 1. The van der Waals surface area contributed by atoms with Crippen molar-refractivity contribution in [1.82, 2.24) is 15.5 Å². The Morgan fingerprint density at radius 1 is 1.08 bits per heavy atom. The smallest absolute Gasteiger partial charge is 0.251 e. The van der Waals surface area contributed by atoms with Crippen molar-refractivity contribution in [2.24, 2.45) is 5.92 Å². The maximum Gasteiger partial charge on any atom is 0.251 e. The molecule has 2 bridgehead atoms. The van der Waals surface area contributed by atoms with Crippen molar-refractivity contribution in [1.29, 1.82) is 0 Å². The molecule has 6 rings (SSSR count). The molecule has 1 aromatic heterocycles. The number of amides is 1. The number of carbonyl (C=O) groups excluding carboxylic acids is 1. The molecule has 0 spiro atoms. The van der Waals surface area contributed by atoms with Gasteiger partial charge in [-0.3, -0.25) is 9.89 Å². The van der Waals surface area contributed by atoms with Gasteiger partial charge in [-0.2, -0.15) is 5.10 Å². The number of hydrogen-bond donors (Lipinski definition) is 2. The summed E-state index contributed by atoms with van der Waals surface area (Å²) in [5, 5.41) is 12.5. The summed E-state index contributed by atoms with van der Waals surface area (Å²) in [6, 6.07) is 22.8. The molecule has 2 aliphatic heterocycles. The van der Waals surface area contributed by atoms with E-state index >= 15 is 0 Å². The predicted molar refractivity (Wildman–Crippen MR) is 153 cm³/mol. The van der Waals surface area contributed by atoms with Gasteiger partial charge in [0.1, 0.15) is 0 Å². The molecule has 2 aliphatic rings. The van der Waals surface area contributed by atoms with Crippen molar-refractivity contribution in [2.75, 3.05) is 18.1 Å². The highest BCUT2D eigenvalue weighted by Gasteiger charge is 2.37. The number of aromatic amines is 1. The zero-order valence-electron chi connectivity index (χ0n) is 21.8. The van der Waals surface area contributed by atoms with Crippen LogP contribution in [-0.2, 0) is 4.74 Å². The normalized spacial score (nSPS) is 19.7. The van der Waals surface area contributed by atoms with Crippen molar-refractivity contribution in [2.45, 2.75) is 51.2 Å². The lowest BCUT2D eigenvalue weighted by atomic mass is 9.96. The van der Waals surface area contributed by atoms with Crippen molar-refractivity contribution in [3.05, 3.63) is 82.9 Å². The van der Waals surface area contributed by atoms with E-state index in [1.54, 1.807) is 0 Å². The number of ether oxygens (including phenoxy) is 1. The number of hydrogen-bond acceptors (Lipinski definition) is 4. The van der Waals surface area contributed by atoms with Gasteiger partial charge in [0.15, 0.2) is 0 Å². The molecule has 1 amide bonds. The lowest BCUT2D eigenvalue weighted by Gasteiger charge is -2.36.